The van der Waals surface area contributed by atoms with Crippen LogP contribution in [0.2, 0.25) is 0 Å². The van der Waals surface area contributed by atoms with Crippen LogP contribution in [-0.4, -0.2) is 49.9 Å². The van der Waals surface area contributed by atoms with Gasteiger partial charge in [-0.15, -0.1) is 0 Å². The molecule has 6 aromatic rings. The number of ether oxygens (including phenoxy) is 2. The fourth-order valence-electron chi connectivity index (χ4n) is 6.73. The molecule has 0 saturated carbocycles. The van der Waals surface area contributed by atoms with Crippen LogP contribution in [0.25, 0.3) is 32.7 Å². The van der Waals surface area contributed by atoms with E-state index in [0.717, 1.165) is 38.9 Å². The van der Waals surface area contributed by atoms with Crippen molar-refractivity contribution in [2.45, 2.75) is 5.41 Å². The van der Waals surface area contributed by atoms with Crippen molar-refractivity contribution in [1.29, 1.82) is 0 Å². The van der Waals surface area contributed by atoms with Crippen LogP contribution < -0.4 is 9.47 Å². The van der Waals surface area contributed by atoms with Gasteiger partial charge in [-0.3, -0.25) is 12.9 Å². The molecule has 0 spiro atoms. The van der Waals surface area contributed by atoms with Gasteiger partial charge in [-0.1, -0.05) is 84.9 Å². The largest absolute Gasteiger partial charge is 0.491 e. The van der Waals surface area contributed by atoms with E-state index in [1.165, 1.54) is 22.3 Å². The van der Waals surface area contributed by atoms with Crippen molar-refractivity contribution in [2.24, 2.45) is 0 Å². The summed E-state index contributed by atoms with van der Waals surface area (Å²) in [7, 11) is -3.52. The molecule has 6 aromatic carbocycles. The first-order chi connectivity index (χ1) is 23.2. The van der Waals surface area contributed by atoms with Crippen molar-refractivity contribution in [3.63, 3.8) is 0 Å². The van der Waals surface area contributed by atoms with Gasteiger partial charge in [0.2, 0.25) is 0 Å². The molecule has 0 bridgehead atoms. The van der Waals surface area contributed by atoms with Gasteiger partial charge in [0.1, 0.15) is 37.9 Å². The van der Waals surface area contributed by atoms with Crippen LogP contribution in [0.3, 0.4) is 0 Å². The lowest BCUT2D eigenvalue weighted by atomic mass is 9.67. The van der Waals surface area contributed by atoms with Crippen molar-refractivity contribution in [2.75, 3.05) is 32.7 Å². The summed E-state index contributed by atoms with van der Waals surface area (Å²) in [6, 6.07) is 42.0. The lowest BCUT2D eigenvalue weighted by Gasteiger charge is -2.34. The molecule has 48 heavy (non-hydrogen) atoms. The SMILES string of the molecule is CS(=O)(=O)OCCOc1ccc2cc(C3(c4ccc5cc(OCCOS(=O)O)ccc5c4)c4ccccc4-c4ccccc43)ccc2c1. The lowest BCUT2D eigenvalue weighted by Crippen LogP contribution is -2.28. The molecule has 8 nitrogen and oxygen atoms in total. The third kappa shape index (κ3) is 6.21. The molecule has 0 aliphatic heterocycles. The number of hydrogen-bond donors (Lipinski definition) is 1. The van der Waals surface area contributed by atoms with Gasteiger partial charge in [-0.2, -0.15) is 12.6 Å². The highest BCUT2D eigenvalue weighted by molar-refractivity contribution is 7.86. The Morgan fingerprint density at radius 1 is 0.604 bits per heavy atom. The zero-order chi connectivity index (χ0) is 33.3. The van der Waals surface area contributed by atoms with E-state index in [9.17, 15) is 12.6 Å². The molecule has 0 aromatic heterocycles. The van der Waals surface area contributed by atoms with E-state index in [4.69, 9.17) is 18.2 Å². The topological polar surface area (TPSA) is 108 Å². The fraction of sp³-hybridized carbons (Fsp3) is 0.158. The molecule has 1 aliphatic rings. The molecule has 10 heteroatoms. The van der Waals surface area contributed by atoms with E-state index in [0.29, 0.717) is 11.5 Å². The molecule has 1 N–H and O–H groups in total. The van der Waals surface area contributed by atoms with E-state index < -0.39 is 26.9 Å². The fourth-order valence-corrected chi connectivity index (χ4v) is 7.31. The van der Waals surface area contributed by atoms with Gasteiger partial charge in [0.25, 0.3) is 10.1 Å². The first-order valence-corrected chi connectivity index (χ1v) is 18.2. The number of hydrogen-bond acceptors (Lipinski definition) is 7. The van der Waals surface area contributed by atoms with E-state index in [2.05, 4.69) is 89.1 Å². The molecule has 0 saturated heterocycles. The Morgan fingerprint density at radius 2 is 1.06 bits per heavy atom. The second-order valence-electron chi connectivity index (χ2n) is 11.6. The molecule has 1 unspecified atom stereocenters. The summed E-state index contributed by atoms with van der Waals surface area (Å²) in [6.07, 6.45) is 1.02. The first kappa shape index (κ1) is 32.0. The maximum absolute atomic E-state index is 11.3. The zero-order valence-corrected chi connectivity index (χ0v) is 27.6. The van der Waals surface area contributed by atoms with Crippen molar-refractivity contribution >= 4 is 43.0 Å². The lowest BCUT2D eigenvalue weighted by molar-refractivity contribution is 0.217. The maximum Gasteiger partial charge on any atom is 0.302 e. The smallest absolute Gasteiger partial charge is 0.302 e. The van der Waals surface area contributed by atoms with Gasteiger partial charge in [-0.05, 0) is 91.3 Å². The predicted octanol–water partition coefficient (Wildman–Crippen LogP) is 7.24. The van der Waals surface area contributed by atoms with Crippen LogP contribution in [0.15, 0.2) is 121 Å². The minimum absolute atomic E-state index is 0.00185. The summed E-state index contributed by atoms with van der Waals surface area (Å²) in [5, 5.41) is 4.10. The molecular weight excluding hydrogens is 649 g/mol. The monoisotopic (exact) mass is 680 g/mol. The van der Waals surface area contributed by atoms with Gasteiger partial charge in [0.05, 0.1) is 11.7 Å². The Kier molecular flexibility index (Phi) is 8.76. The molecule has 1 aliphatic carbocycles. The molecule has 0 fully saturated rings. The molecule has 0 radical (unpaired) electrons. The molecule has 0 heterocycles. The van der Waals surface area contributed by atoms with Gasteiger partial charge in [0, 0.05) is 0 Å². The minimum Gasteiger partial charge on any atom is -0.491 e. The Labute approximate surface area is 281 Å². The summed E-state index contributed by atoms with van der Waals surface area (Å²) < 4.78 is 63.2. The zero-order valence-electron chi connectivity index (χ0n) is 26.0. The molecule has 7 rings (SSSR count). The van der Waals surface area contributed by atoms with Crippen molar-refractivity contribution in [3.8, 4) is 22.6 Å². The average Bonchev–Trinajstić information content (AvgIpc) is 3.39. The average molecular weight is 681 g/mol. The number of benzene rings is 6. The Balaban J connectivity index is 1.30. The van der Waals surface area contributed by atoms with E-state index in [1.807, 2.05) is 36.4 Å². The molecular formula is C38H32O8S2. The van der Waals surface area contributed by atoms with Gasteiger partial charge in [0.15, 0.2) is 0 Å². The van der Waals surface area contributed by atoms with Crippen LogP contribution in [0, 0.1) is 0 Å². The Hall–Kier alpha value is -4.58. The third-order valence-corrected chi connectivity index (χ3v) is 9.59. The molecule has 1 atom stereocenters. The summed E-state index contributed by atoms with van der Waals surface area (Å²) in [5.74, 6) is 1.28. The van der Waals surface area contributed by atoms with Crippen molar-refractivity contribution in [3.05, 3.63) is 144 Å². The summed E-state index contributed by atoms with van der Waals surface area (Å²) in [4.78, 5) is 0. The molecule has 244 valence electrons. The highest BCUT2D eigenvalue weighted by Crippen LogP contribution is 2.56. The first-order valence-electron chi connectivity index (χ1n) is 15.3. The quantitative estimate of drug-likeness (QED) is 0.0818. The second-order valence-corrected chi connectivity index (χ2v) is 13.9. The summed E-state index contributed by atoms with van der Waals surface area (Å²) >= 11 is -2.32. The summed E-state index contributed by atoms with van der Waals surface area (Å²) in [6.45, 7) is 0.213. The second kappa shape index (κ2) is 13.1. The summed E-state index contributed by atoms with van der Waals surface area (Å²) in [5.41, 5.74) is 6.47. The number of rotatable bonds is 12. The number of fused-ring (bicyclic) bond motifs is 5. The van der Waals surface area contributed by atoms with Crippen LogP contribution in [0.1, 0.15) is 22.3 Å². The van der Waals surface area contributed by atoms with Crippen molar-refractivity contribution in [1.82, 2.24) is 0 Å². The van der Waals surface area contributed by atoms with Gasteiger partial charge in [-0.25, -0.2) is 0 Å². The van der Waals surface area contributed by atoms with Crippen LogP contribution in [0.4, 0.5) is 0 Å². The van der Waals surface area contributed by atoms with Gasteiger partial charge < -0.3 is 9.47 Å². The Bertz CT molecular complexity index is 2240. The molecule has 0 amide bonds. The third-order valence-electron chi connectivity index (χ3n) is 8.63. The van der Waals surface area contributed by atoms with E-state index >= 15 is 0 Å². The predicted molar refractivity (Wildman–Crippen MR) is 187 cm³/mol. The standard InChI is InChI=1S/C38H32O8S2/c1-48(41,42)46-21-19-44-33-17-13-27-23-31(15-11-29(27)25-33)38(36-8-4-2-6-34(36)35-7-3-5-9-37(35)38)30-14-10-28-24-32(16-12-26(28)22-30)43-18-20-45-47(39)40/h2-17,22-25H,18-21H2,1H3,(H,39,40). The van der Waals surface area contributed by atoms with E-state index in [1.54, 1.807) is 0 Å². The minimum atomic E-state index is -3.52. The van der Waals surface area contributed by atoms with Crippen LogP contribution in [-0.2, 0) is 35.3 Å². The highest BCUT2D eigenvalue weighted by atomic mass is 32.2. The normalized spacial score (nSPS) is 14.0. The Morgan fingerprint density at radius 3 is 1.56 bits per heavy atom. The van der Waals surface area contributed by atoms with Crippen LogP contribution >= 0.6 is 0 Å². The van der Waals surface area contributed by atoms with E-state index in [-0.39, 0.29) is 26.4 Å². The highest BCUT2D eigenvalue weighted by Gasteiger charge is 2.46. The van der Waals surface area contributed by atoms with Crippen LogP contribution in [0.5, 0.6) is 11.5 Å². The maximum atomic E-state index is 11.3. The van der Waals surface area contributed by atoms with Crippen molar-refractivity contribution < 1.29 is 35.0 Å². The van der Waals surface area contributed by atoms with Gasteiger partial charge >= 0.3 is 11.4 Å².